The molecule has 2 atom stereocenters. The maximum absolute atomic E-state index is 13.2. The van der Waals surface area contributed by atoms with Crippen LogP contribution in [0.2, 0.25) is 0 Å². The van der Waals surface area contributed by atoms with E-state index >= 15 is 0 Å². The standard InChI is InChI=1S/C22H28FNO/c1-17(14-19-8-6-5-7-9-19)22(25,18(2)16-24(3)4)15-20-10-12-21(23)13-11-20/h5-14,18,25H,15-16H2,1-4H3/b17-14-. The van der Waals surface area contributed by atoms with Crippen LogP contribution in [0.1, 0.15) is 25.0 Å². The summed E-state index contributed by atoms with van der Waals surface area (Å²) in [5.74, 6) is -0.238. The molecule has 2 rings (SSSR count). The molecule has 1 N–H and O–H groups in total. The maximum atomic E-state index is 13.2. The third-order valence-electron chi connectivity index (χ3n) is 4.71. The first-order chi connectivity index (χ1) is 11.8. The van der Waals surface area contributed by atoms with Crippen molar-refractivity contribution >= 4 is 6.08 Å². The summed E-state index contributed by atoms with van der Waals surface area (Å²) in [6.45, 7) is 4.80. The fourth-order valence-corrected chi connectivity index (χ4v) is 3.24. The van der Waals surface area contributed by atoms with Gasteiger partial charge in [-0.3, -0.25) is 0 Å². The molecule has 0 aliphatic heterocycles. The molecule has 134 valence electrons. The van der Waals surface area contributed by atoms with Crippen LogP contribution in [0.3, 0.4) is 0 Å². The van der Waals surface area contributed by atoms with E-state index in [9.17, 15) is 9.50 Å². The molecule has 2 nitrogen and oxygen atoms in total. The summed E-state index contributed by atoms with van der Waals surface area (Å²) >= 11 is 0. The molecule has 25 heavy (non-hydrogen) atoms. The fourth-order valence-electron chi connectivity index (χ4n) is 3.24. The second-order valence-corrected chi connectivity index (χ2v) is 7.13. The average Bonchev–Trinajstić information content (AvgIpc) is 2.57. The first-order valence-electron chi connectivity index (χ1n) is 8.66. The number of halogens is 1. The zero-order chi connectivity index (χ0) is 18.4. The Morgan fingerprint density at radius 2 is 1.72 bits per heavy atom. The van der Waals surface area contributed by atoms with Crippen LogP contribution in [0.5, 0.6) is 0 Å². The molecule has 0 saturated heterocycles. The summed E-state index contributed by atoms with van der Waals surface area (Å²) in [5.41, 5.74) is 1.90. The van der Waals surface area contributed by atoms with Crippen molar-refractivity contribution in [2.45, 2.75) is 25.9 Å². The van der Waals surface area contributed by atoms with Gasteiger partial charge < -0.3 is 10.0 Å². The van der Waals surface area contributed by atoms with Crippen LogP contribution in [-0.2, 0) is 6.42 Å². The molecule has 2 aromatic carbocycles. The molecule has 0 amide bonds. The Bertz CT molecular complexity index is 694. The molecule has 0 heterocycles. The molecule has 0 radical (unpaired) electrons. The Morgan fingerprint density at radius 1 is 1.12 bits per heavy atom. The van der Waals surface area contributed by atoms with Gasteiger partial charge in [-0.2, -0.15) is 0 Å². The summed E-state index contributed by atoms with van der Waals surface area (Å²) in [6.07, 6.45) is 2.49. The minimum absolute atomic E-state index is 0.0208. The third kappa shape index (κ3) is 5.25. The molecule has 0 spiro atoms. The first-order valence-corrected chi connectivity index (χ1v) is 8.66. The minimum atomic E-state index is -1.00. The molecule has 0 bridgehead atoms. The molecule has 0 aliphatic carbocycles. The van der Waals surface area contributed by atoms with Crippen molar-refractivity contribution in [2.24, 2.45) is 5.92 Å². The van der Waals surface area contributed by atoms with Crippen LogP contribution in [-0.4, -0.2) is 36.2 Å². The van der Waals surface area contributed by atoms with E-state index in [1.54, 1.807) is 12.1 Å². The summed E-state index contributed by atoms with van der Waals surface area (Å²) in [6, 6.07) is 16.4. The molecular formula is C22H28FNO. The Morgan fingerprint density at radius 3 is 2.28 bits per heavy atom. The Balaban J connectivity index is 2.36. The summed E-state index contributed by atoms with van der Waals surface area (Å²) in [4.78, 5) is 2.08. The van der Waals surface area contributed by atoms with Crippen LogP contribution in [0.4, 0.5) is 4.39 Å². The van der Waals surface area contributed by atoms with Crippen molar-refractivity contribution < 1.29 is 9.50 Å². The van der Waals surface area contributed by atoms with E-state index in [0.717, 1.165) is 23.2 Å². The second-order valence-electron chi connectivity index (χ2n) is 7.13. The maximum Gasteiger partial charge on any atom is 0.123 e. The fraction of sp³-hybridized carbons (Fsp3) is 0.364. The number of benzene rings is 2. The van der Waals surface area contributed by atoms with E-state index in [1.807, 2.05) is 57.4 Å². The SMILES string of the molecule is C/C(=C/c1ccccc1)C(O)(Cc1ccc(F)cc1)C(C)CN(C)C. The van der Waals surface area contributed by atoms with E-state index in [0.29, 0.717) is 6.42 Å². The van der Waals surface area contributed by atoms with E-state index in [2.05, 4.69) is 11.8 Å². The number of rotatable bonds is 7. The highest BCUT2D eigenvalue weighted by Crippen LogP contribution is 2.32. The topological polar surface area (TPSA) is 23.5 Å². The van der Waals surface area contributed by atoms with Gasteiger partial charge in [0.15, 0.2) is 0 Å². The van der Waals surface area contributed by atoms with Crippen LogP contribution in [0, 0.1) is 11.7 Å². The molecule has 2 aromatic rings. The molecule has 0 fully saturated rings. The lowest BCUT2D eigenvalue weighted by Gasteiger charge is -2.37. The quantitative estimate of drug-likeness (QED) is 0.807. The number of nitrogens with zero attached hydrogens (tertiary/aromatic N) is 1. The molecule has 0 saturated carbocycles. The summed E-state index contributed by atoms with van der Waals surface area (Å²) in [5, 5.41) is 11.6. The van der Waals surface area contributed by atoms with Gasteiger partial charge >= 0.3 is 0 Å². The van der Waals surface area contributed by atoms with Gasteiger partial charge in [0.1, 0.15) is 5.82 Å². The van der Waals surface area contributed by atoms with Gasteiger partial charge in [-0.1, -0.05) is 55.5 Å². The number of aliphatic hydroxyl groups is 1. The third-order valence-corrected chi connectivity index (χ3v) is 4.71. The van der Waals surface area contributed by atoms with Crippen molar-refractivity contribution in [3.8, 4) is 0 Å². The van der Waals surface area contributed by atoms with Crippen LogP contribution in [0.15, 0.2) is 60.2 Å². The van der Waals surface area contributed by atoms with Gasteiger partial charge in [-0.15, -0.1) is 0 Å². The molecular weight excluding hydrogens is 313 g/mol. The van der Waals surface area contributed by atoms with Gasteiger partial charge in [0.25, 0.3) is 0 Å². The lowest BCUT2D eigenvalue weighted by Crippen LogP contribution is -2.44. The van der Waals surface area contributed by atoms with Crippen molar-refractivity contribution in [3.63, 3.8) is 0 Å². The Kier molecular flexibility index (Phi) is 6.51. The lowest BCUT2D eigenvalue weighted by molar-refractivity contribution is 0.0149. The van der Waals surface area contributed by atoms with Crippen molar-refractivity contribution in [1.29, 1.82) is 0 Å². The lowest BCUT2D eigenvalue weighted by atomic mass is 9.77. The average molecular weight is 341 g/mol. The highest BCUT2D eigenvalue weighted by atomic mass is 19.1. The Labute approximate surface area is 150 Å². The van der Waals surface area contributed by atoms with Crippen molar-refractivity contribution in [2.75, 3.05) is 20.6 Å². The van der Waals surface area contributed by atoms with E-state index in [-0.39, 0.29) is 11.7 Å². The van der Waals surface area contributed by atoms with Crippen LogP contribution >= 0.6 is 0 Å². The largest absolute Gasteiger partial charge is 0.385 e. The van der Waals surface area contributed by atoms with E-state index in [4.69, 9.17) is 0 Å². The van der Waals surface area contributed by atoms with Crippen LogP contribution < -0.4 is 0 Å². The monoisotopic (exact) mass is 341 g/mol. The van der Waals surface area contributed by atoms with Gasteiger partial charge in [-0.05, 0) is 49.9 Å². The molecule has 0 aliphatic rings. The van der Waals surface area contributed by atoms with Crippen molar-refractivity contribution in [3.05, 3.63) is 77.1 Å². The zero-order valence-electron chi connectivity index (χ0n) is 15.5. The predicted octanol–water partition coefficient (Wildman–Crippen LogP) is 4.40. The minimum Gasteiger partial charge on any atom is -0.385 e. The van der Waals surface area contributed by atoms with Gasteiger partial charge in [0.05, 0.1) is 5.60 Å². The first kappa shape index (κ1) is 19.4. The zero-order valence-corrected chi connectivity index (χ0v) is 15.5. The van der Waals surface area contributed by atoms with E-state index < -0.39 is 5.60 Å². The summed E-state index contributed by atoms with van der Waals surface area (Å²) in [7, 11) is 4.01. The van der Waals surface area contributed by atoms with Gasteiger partial charge in [0, 0.05) is 18.9 Å². The van der Waals surface area contributed by atoms with E-state index in [1.165, 1.54) is 12.1 Å². The molecule has 0 aromatic heterocycles. The van der Waals surface area contributed by atoms with Crippen molar-refractivity contribution in [1.82, 2.24) is 4.90 Å². The highest BCUT2D eigenvalue weighted by molar-refractivity contribution is 5.54. The van der Waals surface area contributed by atoms with Crippen LogP contribution in [0.25, 0.3) is 6.08 Å². The molecule has 3 heteroatoms. The highest BCUT2D eigenvalue weighted by Gasteiger charge is 2.36. The second kappa shape index (κ2) is 8.41. The van der Waals surface area contributed by atoms with Gasteiger partial charge in [0.2, 0.25) is 0 Å². The van der Waals surface area contributed by atoms with Gasteiger partial charge in [-0.25, -0.2) is 4.39 Å². The number of hydrogen-bond donors (Lipinski definition) is 1. The number of hydrogen-bond acceptors (Lipinski definition) is 2. The Hall–Kier alpha value is -1.97. The smallest absolute Gasteiger partial charge is 0.123 e. The normalized spacial score (nSPS) is 15.9. The predicted molar refractivity (Wildman–Crippen MR) is 103 cm³/mol. The molecule has 2 unspecified atom stereocenters. The summed E-state index contributed by atoms with van der Waals surface area (Å²) < 4.78 is 13.2.